The molecule has 0 fully saturated rings. The van der Waals surface area contributed by atoms with Gasteiger partial charge in [-0.3, -0.25) is 0 Å². The SMILES string of the molecule is [3H]NCc1ccc(C(C)C)cc1. The van der Waals surface area contributed by atoms with Gasteiger partial charge in [0.05, 0.1) is 0 Å². The Labute approximate surface area is 69.7 Å². The molecule has 1 rings (SSSR count). The molecule has 0 unspecified atom stereocenters. The summed E-state index contributed by atoms with van der Waals surface area (Å²) in [6.45, 7) is 4.98. The van der Waals surface area contributed by atoms with Crippen molar-refractivity contribution in [3.63, 3.8) is 0 Å². The van der Waals surface area contributed by atoms with E-state index in [1.807, 2.05) is 0 Å². The standard InChI is InChI=1S/C10H15N/c1-8(2)10-5-3-9(7-11)4-6-10/h3-6,8H,7,11H2,1-2H3/i/hT. The molecule has 1 aromatic rings. The van der Waals surface area contributed by atoms with E-state index in [1.54, 1.807) is 0 Å². The lowest BCUT2D eigenvalue weighted by molar-refractivity contribution is 0.864. The van der Waals surface area contributed by atoms with E-state index in [1.165, 1.54) is 5.56 Å². The minimum Gasteiger partial charge on any atom is -0.326 e. The van der Waals surface area contributed by atoms with Gasteiger partial charge in [-0.05, 0) is 17.0 Å². The second kappa shape index (κ2) is 3.54. The predicted octanol–water partition coefficient (Wildman–Crippen LogP) is 2.27. The average Bonchev–Trinajstić information content (AvgIpc) is 2.06. The first-order valence-electron chi connectivity index (χ1n) is 4.47. The molecule has 0 saturated heterocycles. The van der Waals surface area contributed by atoms with Gasteiger partial charge in [0, 0.05) is 6.54 Å². The molecule has 1 heteroatoms. The van der Waals surface area contributed by atoms with Gasteiger partial charge in [0.2, 0.25) is 0 Å². The van der Waals surface area contributed by atoms with E-state index in [0.29, 0.717) is 12.5 Å². The Morgan fingerprint density at radius 1 is 1.36 bits per heavy atom. The summed E-state index contributed by atoms with van der Waals surface area (Å²) in [5, 5.41) is 0. The highest BCUT2D eigenvalue weighted by atomic mass is 14.5. The van der Waals surface area contributed by atoms with Crippen molar-refractivity contribution in [1.82, 2.24) is 0 Å². The fourth-order valence-electron chi connectivity index (χ4n) is 1.02. The minimum atomic E-state index is 0.586. The highest BCUT2D eigenvalue weighted by molar-refractivity contribution is 5.24. The van der Waals surface area contributed by atoms with E-state index in [4.69, 9.17) is 1.41 Å². The van der Waals surface area contributed by atoms with Crippen LogP contribution in [0.1, 0.15) is 30.9 Å². The number of benzene rings is 1. The molecule has 2 N–H and O–H groups in total. The molecule has 0 aliphatic carbocycles. The third-order valence-electron chi connectivity index (χ3n) is 1.85. The lowest BCUT2D eigenvalue weighted by atomic mass is 10.0. The Morgan fingerprint density at radius 2 is 2.00 bits per heavy atom. The van der Waals surface area contributed by atoms with Gasteiger partial charge in [0.1, 0.15) is 1.41 Å². The third kappa shape index (κ3) is 2.05. The molecule has 11 heavy (non-hydrogen) atoms. The molecule has 0 bridgehead atoms. The smallest absolute Gasteiger partial charge is 0.119 e. The lowest BCUT2D eigenvalue weighted by Gasteiger charge is -2.04. The van der Waals surface area contributed by atoms with Crippen molar-refractivity contribution in [2.24, 2.45) is 5.73 Å². The van der Waals surface area contributed by atoms with Gasteiger partial charge in [-0.25, -0.2) is 0 Å². The van der Waals surface area contributed by atoms with Crippen LogP contribution in [0.15, 0.2) is 24.3 Å². The van der Waals surface area contributed by atoms with Crippen LogP contribution in [0.4, 0.5) is 0 Å². The van der Waals surface area contributed by atoms with E-state index in [0.717, 1.165) is 5.56 Å². The quantitative estimate of drug-likeness (QED) is 0.704. The topological polar surface area (TPSA) is 26.0 Å². The average molecular weight is 151 g/mol. The zero-order valence-electron chi connectivity index (χ0n) is 8.09. The monoisotopic (exact) mass is 151 g/mol. The van der Waals surface area contributed by atoms with E-state index in [2.05, 4.69) is 43.8 Å². The lowest BCUT2D eigenvalue weighted by Crippen LogP contribution is -1.96. The van der Waals surface area contributed by atoms with Crippen LogP contribution >= 0.6 is 0 Å². The molecule has 0 radical (unpaired) electrons. The zero-order chi connectivity index (χ0) is 8.97. The summed E-state index contributed by atoms with van der Waals surface area (Å²) in [7, 11) is 0. The van der Waals surface area contributed by atoms with E-state index < -0.39 is 0 Å². The predicted molar refractivity (Wildman–Crippen MR) is 48.4 cm³/mol. The van der Waals surface area contributed by atoms with E-state index in [-0.39, 0.29) is 0 Å². The van der Waals surface area contributed by atoms with Crippen LogP contribution in [0.2, 0.25) is 1.41 Å². The van der Waals surface area contributed by atoms with Crippen molar-refractivity contribution < 1.29 is 1.41 Å². The van der Waals surface area contributed by atoms with Gasteiger partial charge in [0.25, 0.3) is 0 Å². The molecule has 1 aromatic carbocycles. The normalized spacial score (nSPS) is 11.7. The van der Waals surface area contributed by atoms with Crippen molar-refractivity contribution in [3.05, 3.63) is 35.4 Å². The first kappa shape index (κ1) is 6.86. The molecular formula is C10H15N. The maximum absolute atomic E-state index is 6.83. The molecule has 60 valence electrons. The highest BCUT2D eigenvalue weighted by Crippen LogP contribution is 2.14. The Bertz CT molecular complexity index is 228. The highest BCUT2D eigenvalue weighted by Gasteiger charge is 1.96. The van der Waals surface area contributed by atoms with Crippen LogP contribution in [0, 0.1) is 0 Å². The van der Waals surface area contributed by atoms with Gasteiger partial charge < -0.3 is 5.73 Å². The Balaban J connectivity index is 2.71. The summed E-state index contributed by atoms with van der Waals surface area (Å²) >= 11 is 0. The zero-order valence-corrected chi connectivity index (χ0v) is 7.09. The molecule has 0 aliphatic rings. The number of hydrogen-bond donors (Lipinski definition) is 1. The molecule has 0 atom stereocenters. The van der Waals surface area contributed by atoms with Crippen LogP contribution in [0.3, 0.4) is 0 Å². The summed E-state index contributed by atoms with van der Waals surface area (Å²) in [6.07, 6.45) is 0. The van der Waals surface area contributed by atoms with Crippen LogP contribution in [-0.4, -0.2) is 0 Å². The molecule has 0 spiro atoms. The van der Waals surface area contributed by atoms with E-state index in [9.17, 15) is 0 Å². The number of nitrogens with two attached hydrogens (primary N) is 1. The largest absolute Gasteiger partial charge is 0.326 e. The summed E-state index contributed by atoms with van der Waals surface area (Å²) in [5.74, 6) is 0.586. The van der Waals surface area contributed by atoms with Crippen molar-refractivity contribution in [1.29, 1.82) is 0 Å². The maximum Gasteiger partial charge on any atom is 0.119 e. The molecule has 0 heterocycles. The molecule has 0 aromatic heterocycles. The molecular weight excluding hydrogens is 134 g/mol. The fourth-order valence-corrected chi connectivity index (χ4v) is 1.02. The Hall–Kier alpha value is -0.820. The van der Waals surface area contributed by atoms with Gasteiger partial charge in [-0.2, -0.15) is 0 Å². The summed E-state index contributed by atoms with van der Waals surface area (Å²) in [5.41, 5.74) is 4.89. The maximum atomic E-state index is 6.83. The van der Waals surface area contributed by atoms with Crippen molar-refractivity contribution in [2.45, 2.75) is 26.3 Å². The van der Waals surface area contributed by atoms with Crippen molar-refractivity contribution in [3.8, 4) is 0 Å². The Kier molecular flexibility index (Phi) is 2.21. The minimum absolute atomic E-state index is 0.586. The number of rotatable bonds is 3. The van der Waals surface area contributed by atoms with Crippen molar-refractivity contribution >= 4 is 0 Å². The van der Waals surface area contributed by atoms with Gasteiger partial charge in [0.15, 0.2) is 0 Å². The second-order valence-corrected chi connectivity index (χ2v) is 3.07. The summed E-state index contributed by atoms with van der Waals surface area (Å²) in [4.78, 5) is 0. The number of hydrogen-bond acceptors (Lipinski definition) is 1. The molecule has 0 aliphatic heterocycles. The first-order valence-corrected chi connectivity index (χ1v) is 3.97. The second-order valence-electron chi connectivity index (χ2n) is 3.07. The first-order chi connectivity index (χ1) is 5.74. The van der Waals surface area contributed by atoms with Crippen LogP contribution in [0.25, 0.3) is 0 Å². The molecule has 1 nitrogen and oxygen atoms in total. The van der Waals surface area contributed by atoms with Gasteiger partial charge >= 0.3 is 0 Å². The fraction of sp³-hybridized carbons (Fsp3) is 0.400. The molecule has 0 amide bonds. The third-order valence-corrected chi connectivity index (χ3v) is 1.85. The molecule has 0 saturated carbocycles. The van der Waals surface area contributed by atoms with E-state index >= 15 is 0 Å². The van der Waals surface area contributed by atoms with Crippen molar-refractivity contribution in [2.75, 3.05) is 0 Å². The summed E-state index contributed by atoms with van der Waals surface area (Å²) < 4.78 is 6.83. The van der Waals surface area contributed by atoms with Crippen LogP contribution in [0.5, 0.6) is 0 Å². The van der Waals surface area contributed by atoms with Crippen LogP contribution < -0.4 is 5.73 Å². The summed E-state index contributed by atoms with van der Waals surface area (Å²) in [6, 6.07) is 8.38. The Morgan fingerprint density at radius 3 is 2.45 bits per heavy atom. The van der Waals surface area contributed by atoms with Crippen LogP contribution in [-0.2, 0) is 6.54 Å². The van der Waals surface area contributed by atoms with Gasteiger partial charge in [-0.15, -0.1) is 0 Å². The van der Waals surface area contributed by atoms with Gasteiger partial charge in [-0.1, -0.05) is 38.1 Å².